The van der Waals surface area contributed by atoms with Crippen LogP contribution < -0.4 is 15.8 Å². The molecule has 3 N–H and O–H groups in total. The van der Waals surface area contributed by atoms with Gasteiger partial charge in [0, 0.05) is 6.04 Å². The number of aromatic nitrogens is 1. The van der Waals surface area contributed by atoms with Crippen LogP contribution in [0.5, 0.6) is 5.75 Å². The van der Waals surface area contributed by atoms with E-state index in [2.05, 4.69) is 9.69 Å². The van der Waals surface area contributed by atoms with Gasteiger partial charge in [-0.15, -0.1) is 0 Å². The Bertz CT molecular complexity index is 568. The average Bonchev–Trinajstić information content (AvgIpc) is 2.71. The van der Waals surface area contributed by atoms with Crippen LogP contribution in [-0.2, 0) is 0 Å². The molecule has 0 spiro atoms. The van der Waals surface area contributed by atoms with E-state index in [1.165, 1.54) is 23.7 Å². The van der Waals surface area contributed by atoms with E-state index < -0.39 is 0 Å². The van der Waals surface area contributed by atoms with Crippen LogP contribution in [0.25, 0.3) is 0 Å². The zero-order chi connectivity index (χ0) is 14.7. The fraction of sp³-hybridized carbons (Fsp3) is 0.357. The standard InChI is InChI=1S/C14H18FN3OS/c1-8(2)19-12-13(16)18-20-14(12)17-9(3)10-4-6-11(15)7-5-10/h4-9,17H,1-3H3,(H2,16,18). The van der Waals surface area contributed by atoms with Crippen molar-refractivity contribution in [1.82, 2.24) is 4.37 Å². The van der Waals surface area contributed by atoms with Gasteiger partial charge in [0.15, 0.2) is 16.6 Å². The molecule has 1 heterocycles. The third-order valence-corrected chi connectivity index (χ3v) is 3.52. The topological polar surface area (TPSA) is 60.2 Å². The Morgan fingerprint density at radius 3 is 2.50 bits per heavy atom. The molecular formula is C14H18FN3OS. The van der Waals surface area contributed by atoms with Gasteiger partial charge in [-0.05, 0) is 50.0 Å². The third kappa shape index (κ3) is 3.39. The molecule has 0 bridgehead atoms. The SMILES string of the molecule is CC(C)Oc1c(N)nsc1NC(C)c1ccc(F)cc1. The molecule has 0 aliphatic rings. The summed E-state index contributed by atoms with van der Waals surface area (Å²) in [4.78, 5) is 0. The lowest BCUT2D eigenvalue weighted by Crippen LogP contribution is -2.10. The van der Waals surface area contributed by atoms with Crippen molar-refractivity contribution in [3.8, 4) is 5.75 Å². The number of anilines is 2. The fourth-order valence-corrected chi connectivity index (χ4v) is 2.50. The normalized spacial score (nSPS) is 12.4. The number of halogens is 1. The van der Waals surface area contributed by atoms with Crippen molar-refractivity contribution < 1.29 is 9.13 Å². The van der Waals surface area contributed by atoms with E-state index in [-0.39, 0.29) is 18.0 Å². The first-order valence-corrected chi connectivity index (χ1v) is 7.18. The van der Waals surface area contributed by atoms with Crippen LogP contribution in [0, 0.1) is 5.82 Å². The quantitative estimate of drug-likeness (QED) is 0.880. The summed E-state index contributed by atoms with van der Waals surface area (Å²) in [5, 5.41) is 4.09. The fourth-order valence-electron chi connectivity index (χ4n) is 1.77. The second-order valence-corrected chi connectivity index (χ2v) is 5.58. The number of hydrogen-bond donors (Lipinski definition) is 2. The van der Waals surface area contributed by atoms with Gasteiger partial charge in [0.2, 0.25) is 0 Å². The lowest BCUT2D eigenvalue weighted by Gasteiger charge is -2.16. The third-order valence-electron chi connectivity index (χ3n) is 2.75. The Kier molecular flexibility index (Phi) is 4.44. The molecule has 0 radical (unpaired) electrons. The molecule has 1 aromatic carbocycles. The van der Waals surface area contributed by atoms with E-state index in [4.69, 9.17) is 10.5 Å². The molecule has 1 atom stereocenters. The summed E-state index contributed by atoms with van der Waals surface area (Å²) in [6, 6.07) is 6.39. The highest BCUT2D eigenvalue weighted by Gasteiger charge is 2.17. The molecule has 0 saturated carbocycles. The lowest BCUT2D eigenvalue weighted by molar-refractivity contribution is 0.245. The second-order valence-electron chi connectivity index (χ2n) is 4.81. The molecule has 1 aromatic heterocycles. The molecule has 2 aromatic rings. The van der Waals surface area contributed by atoms with Gasteiger partial charge in [0.05, 0.1) is 6.10 Å². The monoisotopic (exact) mass is 295 g/mol. The smallest absolute Gasteiger partial charge is 0.197 e. The Balaban J connectivity index is 2.15. The maximum absolute atomic E-state index is 12.9. The molecule has 0 aliphatic heterocycles. The largest absolute Gasteiger partial charge is 0.484 e. The van der Waals surface area contributed by atoms with Crippen LogP contribution in [0.3, 0.4) is 0 Å². The van der Waals surface area contributed by atoms with Gasteiger partial charge in [0.1, 0.15) is 5.82 Å². The van der Waals surface area contributed by atoms with Crippen LogP contribution in [-0.4, -0.2) is 10.5 Å². The summed E-state index contributed by atoms with van der Waals surface area (Å²) in [6.07, 6.45) is 0.0235. The minimum Gasteiger partial charge on any atom is -0.484 e. The zero-order valence-corrected chi connectivity index (χ0v) is 12.5. The van der Waals surface area contributed by atoms with Gasteiger partial charge in [-0.2, -0.15) is 4.37 Å². The van der Waals surface area contributed by atoms with Crippen molar-refractivity contribution in [3.05, 3.63) is 35.6 Å². The molecule has 6 heteroatoms. The van der Waals surface area contributed by atoms with Gasteiger partial charge in [0.25, 0.3) is 0 Å². The van der Waals surface area contributed by atoms with Crippen molar-refractivity contribution in [1.29, 1.82) is 0 Å². The minimum atomic E-state index is -0.244. The second kappa shape index (κ2) is 6.09. The summed E-state index contributed by atoms with van der Waals surface area (Å²) in [7, 11) is 0. The molecule has 0 aliphatic carbocycles. The van der Waals surface area contributed by atoms with Crippen LogP contribution >= 0.6 is 11.5 Å². The average molecular weight is 295 g/mol. The molecule has 108 valence electrons. The molecule has 0 saturated heterocycles. The summed E-state index contributed by atoms with van der Waals surface area (Å²) in [5.74, 6) is 0.725. The number of benzene rings is 1. The summed E-state index contributed by atoms with van der Waals surface area (Å²) in [6.45, 7) is 5.86. The van der Waals surface area contributed by atoms with Crippen molar-refractivity contribution in [2.24, 2.45) is 0 Å². The van der Waals surface area contributed by atoms with Crippen molar-refractivity contribution >= 4 is 22.4 Å². The number of rotatable bonds is 5. The summed E-state index contributed by atoms with van der Waals surface area (Å²) < 4.78 is 22.7. The number of hydrogen-bond acceptors (Lipinski definition) is 5. The lowest BCUT2D eigenvalue weighted by atomic mass is 10.1. The maximum atomic E-state index is 12.9. The molecule has 20 heavy (non-hydrogen) atoms. The maximum Gasteiger partial charge on any atom is 0.197 e. The highest BCUT2D eigenvalue weighted by Crippen LogP contribution is 2.37. The van der Waals surface area contributed by atoms with Gasteiger partial charge in [-0.25, -0.2) is 4.39 Å². The van der Waals surface area contributed by atoms with Crippen LogP contribution in [0.2, 0.25) is 0 Å². The van der Waals surface area contributed by atoms with Crippen molar-refractivity contribution in [2.45, 2.75) is 32.9 Å². The molecule has 0 fully saturated rings. The zero-order valence-electron chi connectivity index (χ0n) is 11.7. The van der Waals surface area contributed by atoms with Crippen LogP contribution in [0.1, 0.15) is 32.4 Å². The first-order chi connectivity index (χ1) is 9.47. The molecule has 4 nitrogen and oxygen atoms in total. The van der Waals surface area contributed by atoms with E-state index in [0.29, 0.717) is 11.6 Å². The predicted octanol–water partition coefficient (Wildman–Crippen LogP) is 3.82. The van der Waals surface area contributed by atoms with E-state index in [1.807, 2.05) is 20.8 Å². The summed E-state index contributed by atoms with van der Waals surface area (Å²) >= 11 is 1.26. The van der Waals surface area contributed by atoms with Crippen molar-refractivity contribution in [2.75, 3.05) is 11.1 Å². The van der Waals surface area contributed by atoms with E-state index in [9.17, 15) is 4.39 Å². The van der Waals surface area contributed by atoms with Crippen LogP contribution in [0.4, 0.5) is 15.2 Å². The first-order valence-electron chi connectivity index (χ1n) is 6.41. The molecule has 2 rings (SSSR count). The molecule has 0 amide bonds. The number of nitrogens with one attached hydrogen (secondary N) is 1. The number of nitrogens with two attached hydrogens (primary N) is 1. The predicted molar refractivity (Wildman–Crippen MR) is 80.7 cm³/mol. The minimum absolute atomic E-state index is 0.00459. The van der Waals surface area contributed by atoms with Crippen LogP contribution in [0.15, 0.2) is 24.3 Å². The van der Waals surface area contributed by atoms with Gasteiger partial charge < -0.3 is 15.8 Å². The highest BCUT2D eigenvalue weighted by molar-refractivity contribution is 7.11. The van der Waals surface area contributed by atoms with Gasteiger partial charge in [-0.3, -0.25) is 0 Å². The molecular weight excluding hydrogens is 277 g/mol. The Labute approximate surface area is 121 Å². The van der Waals surface area contributed by atoms with E-state index >= 15 is 0 Å². The Hall–Kier alpha value is -1.82. The summed E-state index contributed by atoms with van der Waals surface area (Å²) in [5.41, 5.74) is 6.79. The van der Waals surface area contributed by atoms with E-state index in [0.717, 1.165) is 10.6 Å². The Morgan fingerprint density at radius 1 is 1.25 bits per heavy atom. The first kappa shape index (κ1) is 14.6. The van der Waals surface area contributed by atoms with Gasteiger partial charge >= 0.3 is 0 Å². The van der Waals surface area contributed by atoms with Crippen molar-refractivity contribution in [3.63, 3.8) is 0 Å². The highest BCUT2D eigenvalue weighted by atomic mass is 32.1. The molecule has 1 unspecified atom stereocenters. The number of ether oxygens (including phenoxy) is 1. The van der Waals surface area contributed by atoms with E-state index in [1.54, 1.807) is 12.1 Å². The number of nitrogens with zero attached hydrogens (tertiary/aromatic N) is 1. The Morgan fingerprint density at radius 2 is 1.90 bits per heavy atom. The van der Waals surface area contributed by atoms with Gasteiger partial charge in [-0.1, -0.05) is 12.1 Å². The number of nitrogen functional groups attached to an aromatic ring is 1.